The number of carbonyl (C=O) groups is 1. The van der Waals surface area contributed by atoms with Crippen molar-refractivity contribution in [1.82, 2.24) is 5.32 Å². The Morgan fingerprint density at radius 1 is 0.507 bits per heavy atom. The topological polar surface area (TPSA) is 189 Å². The van der Waals surface area contributed by atoms with Crippen LogP contribution in [0, 0.1) is 52.3 Å². The van der Waals surface area contributed by atoms with E-state index in [0.29, 0.717) is 123 Å². The van der Waals surface area contributed by atoms with Crippen LogP contribution >= 0.6 is 92.8 Å². The zero-order chi connectivity index (χ0) is 97.7. The highest BCUT2D eigenvalue weighted by Crippen LogP contribution is 2.54. The van der Waals surface area contributed by atoms with E-state index in [-0.39, 0.29) is 64.7 Å². The molecular formula is C111H131Cl8N4O10S+. The van der Waals surface area contributed by atoms with Gasteiger partial charge in [0, 0.05) is 80.2 Å². The first kappa shape index (κ1) is 108. The first-order valence-electron chi connectivity index (χ1n) is 46.1. The van der Waals surface area contributed by atoms with Crippen LogP contribution in [0.5, 0.6) is 0 Å². The summed E-state index contributed by atoms with van der Waals surface area (Å²) in [6, 6.07) is 67.6. The predicted molar refractivity (Wildman–Crippen MR) is 555 cm³/mol. The maximum absolute atomic E-state index is 13.7. The third-order valence-electron chi connectivity index (χ3n) is 26.4. The lowest BCUT2D eigenvalue weighted by Crippen LogP contribution is -2.48. The Morgan fingerprint density at radius 2 is 0.925 bits per heavy atom. The first-order chi connectivity index (χ1) is 63.6. The third-order valence-corrected chi connectivity index (χ3v) is 29.7. The van der Waals surface area contributed by atoms with Crippen LogP contribution < -0.4 is 5.32 Å². The van der Waals surface area contributed by atoms with E-state index >= 15 is 0 Å². The summed E-state index contributed by atoms with van der Waals surface area (Å²) in [5, 5.41) is 40.5. The molecule has 0 spiro atoms. The van der Waals surface area contributed by atoms with E-state index in [4.69, 9.17) is 121 Å². The number of amides is 1. The zero-order valence-corrected chi connectivity index (χ0v) is 86.0. The summed E-state index contributed by atoms with van der Waals surface area (Å²) in [5.74, 6) is 2.84. The highest BCUT2D eigenvalue weighted by Gasteiger charge is 2.58. The summed E-state index contributed by atoms with van der Waals surface area (Å²) in [6.45, 7) is 44.9. The standard InChI is InChI=1S/C33H37Cl2NO4S.C26H33Cl2NO3.C26H31Cl2NO2.C26H30Cl2NO/c1-6-18-33(5,32-36-30(21-39-32)22(2)3)20-29(25-8-7-9-27(35)19-25)31(24-12-14-26(34)15-13-24)40-41(37,38)28-16-10-23(4)11-17-28;1-5-13-26(4,25(32)29-23(16-30)17(2)3)15-22(19-7-6-8-21(28)14-19)24(31)18-9-11-20(27)12-10-18;1-5-13-26(4,25-29-23(16-31-25)17(2)3)15-22(19-7-6-8-21(28)14-19)24(30)18-9-11-20(27)12-10-18;1-5-13-26(4)15-22(19-7-6-8-21(28)14-19)24(18-9-11-20(27)12-10-18)29-23(17(2)3)16-30-25(26)29/h6-17,19,22,29-31H,1,18,20-21H2,2-5H3;5-12,14,17,22-24,30-31H,1,13,15-16H2,2-4H3,(H,29,32);5-12,14,17,22-24,30H,1,13,15-16H2,2-4H3;5-12,14,17,22-24H,1,13,15-16H2,2-4H3/q;;;+1/t29-,30-,31+,33+;2*22-,23-,24+,26+;22-,23-,24?,26+/m1111/s1. The Kier molecular flexibility index (Phi) is 39.5. The monoisotopic (exact) mass is 1990 g/mol. The lowest BCUT2D eigenvalue weighted by molar-refractivity contribution is -0.616. The number of aryl methyl sites for hydroxylation is 1. The van der Waals surface area contributed by atoms with Crippen molar-refractivity contribution < 1.29 is 51.5 Å². The van der Waals surface area contributed by atoms with Crippen LogP contribution in [0.2, 0.25) is 40.2 Å². The maximum Gasteiger partial charge on any atom is 0.343 e. The summed E-state index contributed by atoms with van der Waals surface area (Å²) in [5.41, 5.74) is 6.39. The number of rotatable bonds is 37. The van der Waals surface area contributed by atoms with Gasteiger partial charge in [-0.25, -0.2) is 9.98 Å². The second-order valence-corrected chi connectivity index (χ2v) is 43.5. The van der Waals surface area contributed by atoms with Crippen molar-refractivity contribution >= 4 is 127 Å². The molecule has 16 atom stereocenters. The molecule has 9 aromatic carbocycles. The van der Waals surface area contributed by atoms with Crippen LogP contribution in [0.15, 0.2) is 284 Å². The highest BCUT2D eigenvalue weighted by molar-refractivity contribution is 7.86. The number of hydrogen-bond donors (Lipinski definition) is 4. The van der Waals surface area contributed by atoms with Gasteiger partial charge in [-0.1, -0.05) is 308 Å². The number of carbonyl (C=O) groups excluding carboxylic acids is 1. The number of allylic oxidation sites excluding steroid dienone is 4. The molecule has 0 radical (unpaired) electrons. The van der Waals surface area contributed by atoms with Gasteiger partial charge in [0.05, 0.1) is 58.6 Å². The number of halogens is 8. The Labute approximate surface area is 836 Å². The van der Waals surface area contributed by atoms with Gasteiger partial charge in [0.1, 0.15) is 19.3 Å². The molecule has 134 heavy (non-hydrogen) atoms. The lowest BCUT2D eigenvalue weighted by Gasteiger charge is -2.39. The molecule has 0 saturated carbocycles. The average molecular weight is 2000 g/mol. The molecule has 0 saturated heterocycles. The molecule has 0 fully saturated rings. The number of aliphatic hydroxyl groups excluding tert-OH is 3. The molecule has 0 aliphatic carbocycles. The summed E-state index contributed by atoms with van der Waals surface area (Å²) < 4.78 is 54.9. The molecule has 716 valence electrons. The normalized spacial score (nSPS) is 20.4. The van der Waals surface area contributed by atoms with Gasteiger partial charge in [-0.2, -0.15) is 13.0 Å². The van der Waals surface area contributed by atoms with Gasteiger partial charge in [-0.3, -0.25) is 8.98 Å². The van der Waals surface area contributed by atoms with Crippen molar-refractivity contribution in [2.24, 2.45) is 55.3 Å². The minimum atomic E-state index is -4.15. The molecule has 4 aliphatic rings. The number of benzene rings is 9. The fourth-order valence-electron chi connectivity index (χ4n) is 18.5. The second kappa shape index (κ2) is 49.0. The summed E-state index contributed by atoms with van der Waals surface area (Å²) in [4.78, 5) is 23.3. The molecule has 0 aromatic heterocycles. The van der Waals surface area contributed by atoms with Crippen LogP contribution in [0.1, 0.15) is 233 Å². The van der Waals surface area contributed by atoms with Crippen LogP contribution in [-0.4, -0.2) is 103 Å². The molecule has 4 heterocycles. The fourth-order valence-corrected chi connectivity index (χ4v) is 20.9. The van der Waals surface area contributed by atoms with Crippen molar-refractivity contribution in [3.8, 4) is 0 Å². The van der Waals surface area contributed by atoms with Crippen LogP contribution in [-0.2, 0) is 33.3 Å². The van der Waals surface area contributed by atoms with Gasteiger partial charge in [0.15, 0.2) is 30.5 Å². The Hall–Kier alpha value is -8.07. The van der Waals surface area contributed by atoms with E-state index < -0.39 is 56.5 Å². The van der Waals surface area contributed by atoms with Crippen molar-refractivity contribution in [3.05, 3.63) is 359 Å². The second-order valence-electron chi connectivity index (χ2n) is 38.5. The van der Waals surface area contributed by atoms with Gasteiger partial charge < -0.3 is 34.8 Å². The molecule has 14 nitrogen and oxygen atoms in total. The fraction of sp³-hybridized carbons (Fsp3) is 0.405. The SMILES string of the molecule is C=CC[C@@](C)(C[C@H](c1cccc(Cl)c1)[C@@H](O)c1ccc(Cl)cc1)C(=O)N[C@H](CO)C(C)C.C=CC[C@@](C)(C[C@H](c1cccc(Cl)c1)[C@@H](O)c1ccc(Cl)cc1)C1=N[C@@H](C(C)C)CO1.C=CC[C@@](C)(C[C@H](c1cccc(Cl)c1)[C@@H](OS(=O)(=O)c1ccc(C)cc1)c1ccc(Cl)cc1)C1=N[C@@H](C(C)C)CO1.C=CC[C@@]1(C)C[C@H](c2cccc(Cl)c2)C(c2ccc(Cl)cc2)[N+]2=C1OC[C@@H]2C(C)C. The summed E-state index contributed by atoms with van der Waals surface area (Å²) in [6.07, 6.45) is 9.97. The Balaban J connectivity index is 0.000000186. The molecule has 1 unspecified atom stereocenters. The van der Waals surface area contributed by atoms with Crippen LogP contribution in [0.25, 0.3) is 0 Å². The third kappa shape index (κ3) is 28.2. The maximum atomic E-state index is 13.7. The van der Waals surface area contributed by atoms with E-state index in [1.807, 2.05) is 137 Å². The van der Waals surface area contributed by atoms with Crippen molar-refractivity contribution in [2.75, 3.05) is 26.4 Å². The Morgan fingerprint density at radius 3 is 1.33 bits per heavy atom. The number of aliphatic hydroxyl groups is 3. The van der Waals surface area contributed by atoms with Gasteiger partial charge in [0.25, 0.3) is 10.1 Å². The number of ether oxygens (including phenoxy) is 3. The summed E-state index contributed by atoms with van der Waals surface area (Å²) >= 11 is 50.0. The first-order valence-corrected chi connectivity index (χ1v) is 50.5. The molecular weight excluding hydrogens is 1860 g/mol. The number of hydrogen-bond acceptors (Lipinski definition) is 12. The Bertz CT molecular complexity index is 5640. The van der Waals surface area contributed by atoms with E-state index in [0.717, 1.165) is 69.1 Å². The lowest BCUT2D eigenvalue weighted by atomic mass is 9.69. The molecule has 4 N–H and O–H groups in total. The molecule has 23 heteroatoms. The molecule has 1 amide bonds. The smallest absolute Gasteiger partial charge is 0.343 e. The predicted octanol–water partition coefficient (Wildman–Crippen LogP) is 29.4. The summed E-state index contributed by atoms with van der Waals surface area (Å²) in [7, 11) is -4.15. The van der Waals surface area contributed by atoms with Crippen molar-refractivity contribution in [3.63, 3.8) is 0 Å². The van der Waals surface area contributed by atoms with E-state index in [2.05, 4.69) is 129 Å². The van der Waals surface area contributed by atoms with E-state index in [1.54, 1.807) is 103 Å². The quantitative estimate of drug-likeness (QED) is 0.0166. The highest BCUT2D eigenvalue weighted by atomic mass is 35.5. The molecule has 13 rings (SSSR count). The number of nitrogens with one attached hydrogen (secondary N) is 1. The van der Waals surface area contributed by atoms with Gasteiger partial charge in [-0.05, 0) is 231 Å². The van der Waals surface area contributed by atoms with Gasteiger partial charge >= 0.3 is 5.90 Å². The zero-order valence-electron chi connectivity index (χ0n) is 79.1. The van der Waals surface area contributed by atoms with Crippen molar-refractivity contribution in [1.29, 1.82) is 0 Å². The average Bonchev–Trinajstić information content (AvgIpc) is 1.61. The number of nitrogens with zero attached hydrogens (tertiary/aromatic N) is 3. The van der Waals surface area contributed by atoms with Crippen LogP contribution in [0.4, 0.5) is 0 Å². The minimum absolute atomic E-state index is 0.0592. The van der Waals surface area contributed by atoms with Gasteiger partial charge in [-0.15, -0.1) is 26.3 Å². The van der Waals surface area contributed by atoms with Crippen molar-refractivity contribution in [2.45, 2.75) is 218 Å². The molecule has 9 aromatic rings. The van der Waals surface area contributed by atoms with Gasteiger partial charge in [0.2, 0.25) is 5.91 Å². The van der Waals surface area contributed by atoms with E-state index in [1.165, 1.54) is 11.1 Å². The molecule has 4 aliphatic heterocycles. The number of aliphatic imine (C=N–C) groups is 2. The minimum Gasteiger partial charge on any atom is -0.478 e. The largest absolute Gasteiger partial charge is 0.478 e. The van der Waals surface area contributed by atoms with E-state index in [9.17, 15) is 28.5 Å². The van der Waals surface area contributed by atoms with Crippen LogP contribution in [0.3, 0.4) is 0 Å². The molecule has 0 bridgehead atoms.